The number of nitrogens with zero attached hydrogens (tertiary/aromatic N) is 3. The number of hydrogen-bond donors (Lipinski definition) is 2. The van der Waals surface area contributed by atoms with Gasteiger partial charge in [0.25, 0.3) is 5.91 Å². The molecule has 0 aliphatic heterocycles. The first-order valence-corrected chi connectivity index (χ1v) is 12.2. The van der Waals surface area contributed by atoms with Crippen LogP contribution in [0.1, 0.15) is 52.6 Å². The SMILES string of the molecule is CCCCNc1ccc(Cc2cccc(NC(=O)c3cc(C(F)(F)F)nn3-c3cccc(C#N)c3)c2)cc1. The van der Waals surface area contributed by atoms with Gasteiger partial charge in [-0.2, -0.15) is 23.5 Å². The lowest BCUT2D eigenvalue weighted by Crippen LogP contribution is -2.17. The van der Waals surface area contributed by atoms with Crippen molar-refractivity contribution in [2.24, 2.45) is 0 Å². The Hall–Kier alpha value is -4.58. The summed E-state index contributed by atoms with van der Waals surface area (Å²) in [5, 5.41) is 18.8. The van der Waals surface area contributed by atoms with E-state index in [0.29, 0.717) is 18.2 Å². The fourth-order valence-electron chi connectivity index (χ4n) is 3.93. The van der Waals surface area contributed by atoms with Crippen molar-refractivity contribution in [3.8, 4) is 11.8 Å². The number of benzene rings is 3. The molecule has 3 aromatic carbocycles. The van der Waals surface area contributed by atoms with Crippen LogP contribution < -0.4 is 10.6 Å². The summed E-state index contributed by atoms with van der Waals surface area (Å²) in [5.41, 5.74) is 2.41. The summed E-state index contributed by atoms with van der Waals surface area (Å²) in [4.78, 5) is 13.1. The summed E-state index contributed by atoms with van der Waals surface area (Å²) in [5.74, 6) is -0.755. The number of aromatic nitrogens is 2. The van der Waals surface area contributed by atoms with Crippen molar-refractivity contribution in [2.75, 3.05) is 17.2 Å². The molecule has 38 heavy (non-hydrogen) atoms. The van der Waals surface area contributed by atoms with Crippen LogP contribution in [0.5, 0.6) is 0 Å². The molecule has 0 unspecified atom stereocenters. The maximum Gasteiger partial charge on any atom is 0.435 e. The van der Waals surface area contributed by atoms with Crippen molar-refractivity contribution in [1.82, 2.24) is 9.78 Å². The molecule has 0 atom stereocenters. The number of amides is 1. The standard InChI is InChI=1S/C29H26F3N5O/c1-2-3-14-34-23-12-10-20(11-13-23)15-21-6-4-8-24(16-21)35-28(38)26-18-27(29(30,31)32)36-37(26)25-9-5-7-22(17-25)19-33/h4-13,16-18,34H,2-3,14-15H2,1H3,(H,35,38). The summed E-state index contributed by atoms with van der Waals surface area (Å²) in [6, 6.07) is 23.8. The molecule has 9 heteroatoms. The van der Waals surface area contributed by atoms with Crippen LogP contribution in [0.2, 0.25) is 0 Å². The first-order chi connectivity index (χ1) is 18.3. The Balaban J connectivity index is 1.53. The smallest absolute Gasteiger partial charge is 0.385 e. The van der Waals surface area contributed by atoms with Gasteiger partial charge in [0.05, 0.1) is 17.3 Å². The molecule has 4 aromatic rings. The van der Waals surface area contributed by atoms with Crippen molar-refractivity contribution in [3.05, 3.63) is 107 Å². The van der Waals surface area contributed by atoms with Gasteiger partial charge < -0.3 is 10.6 Å². The number of nitriles is 1. The van der Waals surface area contributed by atoms with Crippen molar-refractivity contribution in [1.29, 1.82) is 5.26 Å². The van der Waals surface area contributed by atoms with Gasteiger partial charge in [-0.1, -0.05) is 43.7 Å². The van der Waals surface area contributed by atoms with Crippen molar-refractivity contribution >= 4 is 17.3 Å². The van der Waals surface area contributed by atoms with Gasteiger partial charge in [0.1, 0.15) is 5.69 Å². The summed E-state index contributed by atoms with van der Waals surface area (Å²) in [6.07, 6.45) is -1.90. The third kappa shape index (κ3) is 6.59. The summed E-state index contributed by atoms with van der Waals surface area (Å²) >= 11 is 0. The zero-order valence-electron chi connectivity index (χ0n) is 20.7. The number of anilines is 2. The highest BCUT2D eigenvalue weighted by atomic mass is 19.4. The van der Waals surface area contributed by atoms with Crippen LogP contribution in [0.4, 0.5) is 24.5 Å². The highest BCUT2D eigenvalue weighted by molar-refractivity contribution is 6.03. The molecule has 4 rings (SSSR count). The minimum Gasteiger partial charge on any atom is -0.385 e. The average Bonchev–Trinajstić information content (AvgIpc) is 3.37. The molecule has 0 radical (unpaired) electrons. The summed E-state index contributed by atoms with van der Waals surface area (Å²) < 4.78 is 41.2. The van der Waals surface area contributed by atoms with Crippen LogP contribution in [0, 0.1) is 11.3 Å². The predicted octanol–water partition coefficient (Wildman–Crippen LogP) is 6.82. The van der Waals surface area contributed by atoms with E-state index >= 15 is 0 Å². The quantitative estimate of drug-likeness (QED) is 0.239. The van der Waals surface area contributed by atoms with Gasteiger partial charge in [0.2, 0.25) is 0 Å². The monoisotopic (exact) mass is 517 g/mol. The zero-order chi connectivity index (χ0) is 27.1. The summed E-state index contributed by atoms with van der Waals surface area (Å²) in [7, 11) is 0. The Morgan fingerprint density at radius 2 is 1.74 bits per heavy atom. The lowest BCUT2D eigenvalue weighted by Gasteiger charge is -2.10. The molecule has 194 valence electrons. The lowest BCUT2D eigenvalue weighted by atomic mass is 10.0. The maximum atomic E-state index is 13.4. The molecule has 1 aromatic heterocycles. The summed E-state index contributed by atoms with van der Waals surface area (Å²) in [6.45, 7) is 3.06. The van der Waals surface area contributed by atoms with Crippen LogP contribution >= 0.6 is 0 Å². The number of nitrogens with one attached hydrogen (secondary N) is 2. The van der Waals surface area contributed by atoms with Gasteiger partial charge >= 0.3 is 6.18 Å². The number of carbonyl (C=O) groups is 1. The predicted molar refractivity (Wildman–Crippen MR) is 140 cm³/mol. The third-order valence-electron chi connectivity index (χ3n) is 5.86. The lowest BCUT2D eigenvalue weighted by molar-refractivity contribution is -0.141. The van der Waals surface area contributed by atoms with Gasteiger partial charge in [0.15, 0.2) is 5.69 Å². The third-order valence-corrected chi connectivity index (χ3v) is 5.86. The van der Waals surface area contributed by atoms with Crippen molar-refractivity contribution in [2.45, 2.75) is 32.4 Å². The molecule has 0 saturated carbocycles. The molecule has 0 spiro atoms. The van der Waals surface area contributed by atoms with E-state index in [1.165, 1.54) is 24.3 Å². The van der Waals surface area contributed by atoms with E-state index in [1.807, 2.05) is 36.4 Å². The first kappa shape index (κ1) is 26.5. The molecule has 0 aliphatic carbocycles. The highest BCUT2D eigenvalue weighted by Gasteiger charge is 2.36. The van der Waals surface area contributed by atoms with Crippen molar-refractivity contribution in [3.63, 3.8) is 0 Å². The van der Waals surface area contributed by atoms with Crippen molar-refractivity contribution < 1.29 is 18.0 Å². The minimum absolute atomic E-state index is 0.172. The van der Waals surface area contributed by atoms with Crippen LogP contribution in [-0.4, -0.2) is 22.2 Å². The molecular formula is C29H26F3N5O. The normalized spacial score (nSPS) is 11.1. The van der Waals surface area contributed by atoms with Crippen LogP contribution in [-0.2, 0) is 12.6 Å². The number of rotatable bonds is 9. The topological polar surface area (TPSA) is 82.7 Å². The van der Waals surface area contributed by atoms with E-state index in [-0.39, 0.29) is 16.9 Å². The Bertz CT molecular complexity index is 1450. The van der Waals surface area contributed by atoms with Gasteiger partial charge in [-0.3, -0.25) is 4.79 Å². The number of halogens is 3. The first-order valence-electron chi connectivity index (χ1n) is 12.2. The van der Waals surface area contributed by atoms with E-state index in [9.17, 15) is 18.0 Å². The van der Waals surface area contributed by atoms with Crippen LogP contribution in [0.3, 0.4) is 0 Å². The minimum atomic E-state index is -4.74. The largest absolute Gasteiger partial charge is 0.435 e. The Morgan fingerprint density at radius 1 is 0.974 bits per heavy atom. The second kappa shape index (κ2) is 11.6. The van der Waals surface area contributed by atoms with Gasteiger partial charge in [0, 0.05) is 24.0 Å². The molecule has 1 amide bonds. The Labute approximate surface area is 218 Å². The fraction of sp³-hybridized carbons (Fsp3) is 0.207. The van der Waals surface area contributed by atoms with E-state index in [4.69, 9.17) is 5.26 Å². The molecule has 0 aliphatic rings. The van der Waals surface area contributed by atoms with Gasteiger partial charge in [-0.15, -0.1) is 0 Å². The number of unbranched alkanes of at least 4 members (excludes halogenated alkanes) is 1. The van der Waals surface area contributed by atoms with Gasteiger partial charge in [-0.05, 0) is 66.4 Å². The van der Waals surface area contributed by atoms with Crippen LogP contribution in [0.25, 0.3) is 5.69 Å². The maximum absolute atomic E-state index is 13.4. The number of carbonyl (C=O) groups excluding carboxylic acids is 1. The number of hydrogen-bond acceptors (Lipinski definition) is 4. The Morgan fingerprint density at radius 3 is 2.45 bits per heavy atom. The van der Waals surface area contributed by atoms with Crippen LogP contribution in [0.15, 0.2) is 78.9 Å². The zero-order valence-corrected chi connectivity index (χ0v) is 20.7. The molecule has 1 heterocycles. The highest BCUT2D eigenvalue weighted by Crippen LogP contribution is 2.30. The molecule has 6 nitrogen and oxygen atoms in total. The molecule has 0 saturated heterocycles. The number of alkyl halides is 3. The average molecular weight is 518 g/mol. The second-order valence-corrected chi connectivity index (χ2v) is 8.80. The van der Waals surface area contributed by atoms with E-state index < -0.39 is 17.8 Å². The Kier molecular flexibility index (Phi) is 8.12. The second-order valence-electron chi connectivity index (χ2n) is 8.80. The molecule has 2 N–H and O–H groups in total. The van der Waals surface area contributed by atoms with Gasteiger partial charge in [-0.25, -0.2) is 4.68 Å². The molecule has 0 bridgehead atoms. The molecule has 0 fully saturated rings. The van der Waals surface area contributed by atoms with E-state index in [1.54, 1.807) is 18.2 Å². The van der Waals surface area contributed by atoms with E-state index in [2.05, 4.69) is 22.7 Å². The molecular weight excluding hydrogens is 491 g/mol. The van der Waals surface area contributed by atoms with E-state index in [0.717, 1.165) is 40.9 Å². The fourth-order valence-corrected chi connectivity index (χ4v) is 3.93.